The largest absolute Gasteiger partial charge is 0.494 e. The zero-order chi connectivity index (χ0) is 18.4. The Bertz CT molecular complexity index is 814. The van der Waals surface area contributed by atoms with Crippen LogP contribution in [0.4, 0.5) is 5.69 Å². The van der Waals surface area contributed by atoms with E-state index in [1.165, 1.54) is 6.07 Å². The molecule has 0 saturated heterocycles. The first-order valence-electron chi connectivity index (χ1n) is 7.75. The molecule has 0 atom stereocenters. The number of hydrogen-bond acceptors (Lipinski definition) is 5. The van der Waals surface area contributed by atoms with Gasteiger partial charge >= 0.3 is 0 Å². The lowest BCUT2D eigenvalue weighted by atomic mass is 10.1. The number of nitro groups is 1. The number of carbonyl (C=O) groups excluding carboxylic acids is 1. The smallest absolute Gasteiger partial charge is 0.272 e. The average molecular weight is 341 g/mol. The summed E-state index contributed by atoms with van der Waals surface area (Å²) in [7, 11) is 0. The molecule has 2 rings (SSSR count). The number of carbonyl (C=O) groups is 1. The van der Waals surface area contributed by atoms with Crippen LogP contribution in [0.15, 0.2) is 47.6 Å². The zero-order valence-electron chi connectivity index (χ0n) is 14.3. The Morgan fingerprint density at radius 3 is 2.44 bits per heavy atom. The number of nitro benzene ring substituents is 1. The van der Waals surface area contributed by atoms with Gasteiger partial charge in [-0.15, -0.1) is 0 Å². The molecule has 25 heavy (non-hydrogen) atoms. The number of nitrogens with zero attached hydrogens (tertiary/aromatic N) is 2. The van der Waals surface area contributed by atoms with Gasteiger partial charge in [-0.2, -0.15) is 5.10 Å². The van der Waals surface area contributed by atoms with Crippen LogP contribution < -0.4 is 10.2 Å². The molecule has 0 bridgehead atoms. The van der Waals surface area contributed by atoms with E-state index < -0.39 is 4.92 Å². The van der Waals surface area contributed by atoms with Crippen molar-refractivity contribution in [1.29, 1.82) is 0 Å². The van der Waals surface area contributed by atoms with Gasteiger partial charge in [-0.3, -0.25) is 14.9 Å². The Kier molecular flexibility index (Phi) is 5.84. The molecule has 0 heterocycles. The van der Waals surface area contributed by atoms with Crippen LogP contribution in [-0.4, -0.2) is 23.1 Å². The lowest BCUT2D eigenvalue weighted by Gasteiger charge is -2.06. The van der Waals surface area contributed by atoms with Gasteiger partial charge in [0.2, 0.25) is 0 Å². The molecule has 2 aromatic rings. The summed E-state index contributed by atoms with van der Waals surface area (Å²) in [6, 6.07) is 11.5. The van der Waals surface area contributed by atoms with E-state index in [0.29, 0.717) is 34.8 Å². The molecule has 0 aliphatic rings. The molecule has 0 fully saturated rings. The number of rotatable bonds is 6. The molecule has 130 valence electrons. The van der Waals surface area contributed by atoms with E-state index in [1.54, 1.807) is 50.2 Å². The van der Waals surface area contributed by atoms with Gasteiger partial charge in [0.15, 0.2) is 0 Å². The van der Waals surface area contributed by atoms with Gasteiger partial charge in [-0.25, -0.2) is 5.43 Å². The highest BCUT2D eigenvalue weighted by Gasteiger charge is 2.12. The van der Waals surface area contributed by atoms with Crippen molar-refractivity contribution in [3.05, 3.63) is 69.3 Å². The number of nitrogens with one attached hydrogen (secondary N) is 1. The van der Waals surface area contributed by atoms with Gasteiger partial charge in [0.25, 0.3) is 11.6 Å². The minimum Gasteiger partial charge on any atom is -0.494 e. The maximum atomic E-state index is 12.1. The van der Waals surface area contributed by atoms with Crippen LogP contribution in [0.2, 0.25) is 0 Å². The van der Waals surface area contributed by atoms with Gasteiger partial charge in [0.05, 0.1) is 17.2 Å². The number of ether oxygens (including phenoxy) is 1. The number of hydrazone groups is 1. The van der Waals surface area contributed by atoms with E-state index in [1.807, 2.05) is 6.92 Å². The Morgan fingerprint density at radius 2 is 1.84 bits per heavy atom. The standard InChI is InChI=1S/C18H19N3O4/c1-4-25-16-9-7-14(8-10-16)18(22)20-19-13(3)15-6-5-12(2)17(11-15)21(23)24/h5-11H,4H2,1-3H3,(H,20,22)/b19-13+. The molecule has 0 unspecified atom stereocenters. The van der Waals surface area contributed by atoms with Crippen molar-refractivity contribution in [2.24, 2.45) is 5.10 Å². The highest BCUT2D eigenvalue weighted by molar-refractivity contribution is 6.01. The first-order valence-corrected chi connectivity index (χ1v) is 7.75. The van der Waals surface area contributed by atoms with Crippen LogP contribution >= 0.6 is 0 Å². The van der Waals surface area contributed by atoms with E-state index in [9.17, 15) is 14.9 Å². The Labute approximate surface area is 145 Å². The summed E-state index contributed by atoms with van der Waals surface area (Å²) in [5.74, 6) is 0.315. The van der Waals surface area contributed by atoms with E-state index in [0.717, 1.165) is 0 Å². The minimum absolute atomic E-state index is 0.0184. The van der Waals surface area contributed by atoms with Crippen LogP contribution in [0.3, 0.4) is 0 Å². The second kappa shape index (κ2) is 8.05. The highest BCUT2D eigenvalue weighted by atomic mass is 16.6. The molecule has 1 amide bonds. The highest BCUT2D eigenvalue weighted by Crippen LogP contribution is 2.19. The molecule has 2 aromatic carbocycles. The summed E-state index contributed by atoms with van der Waals surface area (Å²) in [6.45, 7) is 5.78. The third-order valence-corrected chi connectivity index (χ3v) is 3.58. The van der Waals surface area contributed by atoms with Gasteiger partial charge < -0.3 is 4.74 Å². The zero-order valence-corrected chi connectivity index (χ0v) is 14.3. The van der Waals surface area contributed by atoms with Crippen LogP contribution in [0, 0.1) is 17.0 Å². The molecule has 0 radical (unpaired) electrons. The summed E-state index contributed by atoms with van der Waals surface area (Å²) in [6.07, 6.45) is 0. The second-order valence-electron chi connectivity index (χ2n) is 5.35. The van der Waals surface area contributed by atoms with E-state index in [4.69, 9.17) is 4.74 Å². The molecule has 0 saturated carbocycles. The Balaban J connectivity index is 2.11. The SMILES string of the molecule is CCOc1ccc(C(=O)N/N=C(\C)c2ccc(C)c([N+](=O)[O-])c2)cc1. The lowest BCUT2D eigenvalue weighted by molar-refractivity contribution is -0.385. The van der Waals surface area contributed by atoms with Crippen molar-refractivity contribution in [2.75, 3.05) is 6.61 Å². The topological polar surface area (TPSA) is 93.8 Å². The lowest BCUT2D eigenvalue weighted by Crippen LogP contribution is -2.19. The van der Waals surface area contributed by atoms with Crippen molar-refractivity contribution in [2.45, 2.75) is 20.8 Å². The van der Waals surface area contributed by atoms with Gasteiger partial charge in [0, 0.05) is 22.8 Å². The summed E-state index contributed by atoms with van der Waals surface area (Å²) in [5, 5.41) is 15.0. The molecular formula is C18H19N3O4. The molecule has 7 nitrogen and oxygen atoms in total. The molecule has 7 heteroatoms. The number of benzene rings is 2. The quantitative estimate of drug-likeness (QED) is 0.494. The van der Waals surface area contributed by atoms with Crippen LogP contribution in [0.1, 0.15) is 35.3 Å². The summed E-state index contributed by atoms with van der Waals surface area (Å²) in [5.41, 5.74) is 4.53. The third kappa shape index (κ3) is 4.63. The van der Waals surface area contributed by atoms with Crippen LogP contribution in [-0.2, 0) is 0 Å². The van der Waals surface area contributed by atoms with Crippen LogP contribution in [0.5, 0.6) is 5.75 Å². The second-order valence-corrected chi connectivity index (χ2v) is 5.35. The molecule has 0 spiro atoms. The number of aryl methyl sites for hydroxylation is 1. The van der Waals surface area contributed by atoms with Gasteiger partial charge in [-0.05, 0) is 45.0 Å². The molecule has 1 N–H and O–H groups in total. The fraction of sp³-hybridized carbons (Fsp3) is 0.222. The fourth-order valence-electron chi connectivity index (χ4n) is 2.16. The molecule has 0 aromatic heterocycles. The average Bonchev–Trinajstić information content (AvgIpc) is 2.60. The predicted molar refractivity (Wildman–Crippen MR) is 95.1 cm³/mol. The fourth-order valence-corrected chi connectivity index (χ4v) is 2.16. The van der Waals surface area contributed by atoms with E-state index in [-0.39, 0.29) is 11.6 Å². The van der Waals surface area contributed by atoms with Crippen molar-refractivity contribution in [1.82, 2.24) is 5.43 Å². The molecular weight excluding hydrogens is 322 g/mol. The summed E-state index contributed by atoms with van der Waals surface area (Å²) in [4.78, 5) is 22.7. The maximum Gasteiger partial charge on any atom is 0.272 e. The third-order valence-electron chi connectivity index (χ3n) is 3.58. The Morgan fingerprint density at radius 1 is 1.20 bits per heavy atom. The predicted octanol–water partition coefficient (Wildman–Crippen LogP) is 3.46. The normalized spacial score (nSPS) is 11.1. The minimum atomic E-state index is -0.440. The van der Waals surface area contributed by atoms with Crippen LogP contribution in [0.25, 0.3) is 0 Å². The van der Waals surface area contributed by atoms with E-state index in [2.05, 4.69) is 10.5 Å². The summed E-state index contributed by atoms with van der Waals surface area (Å²) >= 11 is 0. The maximum absolute atomic E-state index is 12.1. The molecule has 0 aliphatic carbocycles. The van der Waals surface area contributed by atoms with Crippen molar-refractivity contribution >= 4 is 17.3 Å². The first kappa shape index (κ1) is 18.1. The molecule has 0 aliphatic heterocycles. The number of hydrogen-bond donors (Lipinski definition) is 1. The Hall–Kier alpha value is -3.22. The van der Waals surface area contributed by atoms with Gasteiger partial charge in [0.1, 0.15) is 5.75 Å². The van der Waals surface area contributed by atoms with Gasteiger partial charge in [-0.1, -0.05) is 12.1 Å². The monoisotopic (exact) mass is 341 g/mol. The van der Waals surface area contributed by atoms with Crippen molar-refractivity contribution in [3.63, 3.8) is 0 Å². The van der Waals surface area contributed by atoms with Crippen molar-refractivity contribution < 1.29 is 14.5 Å². The first-order chi connectivity index (χ1) is 11.9. The summed E-state index contributed by atoms with van der Waals surface area (Å²) < 4.78 is 5.32. The van der Waals surface area contributed by atoms with E-state index >= 15 is 0 Å². The number of amides is 1. The van der Waals surface area contributed by atoms with Crippen molar-refractivity contribution in [3.8, 4) is 5.75 Å².